The lowest BCUT2D eigenvalue weighted by Crippen LogP contribution is -2.09. The van der Waals surface area contributed by atoms with Gasteiger partial charge >= 0.3 is 0 Å². The predicted octanol–water partition coefficient (Wildman–Crippen LogP) is 3.62. The van der Waals surface area contributed by atoms with Crippen LogP contribution in [0.1, 0.15) is 26.2 Å². The van der Waals surface area contributed by atoms with Crippen LogP contribution in [0.3, 0.4) is 0 Å². The van der Waals surface area contributed by atoms with E-state index < -0.39 is 10.1 Å². The summed E-state index contributed by atoms with van der Waals surface area (Å²) in [6, 6.07) is 11.2. The van der Waals surface area contributed by atoms with Crippen LogP contribution in [0.15, 0.2) is 36.4 Å². The van der Waals surface area contributed by atoms with Gasteiger partial charge in [-0.25, -0.2) is 9.97 Å². The predicted molar refractivity (Wildman–Crippen MR) is 104 cm³/mol. The molecule has 144 valence electrons. The molecule has 7 nitrogen and oxygen atoms in total. The Bertz CT molecular complexity index is 1040. The largest absolute Gasteiger partial charge is 0.490 e. The molecule has 3 rings (SSSR count). The van der Waals surface area contributed by atoms with Gasteiger partial charge < -0.3 is 9.47 Å². The van der Waals surface area contributed by atoms with Gasteiger partial charge in [0.2, 0.25) is 0 Å². The second kappa shape index (κ2) is 8.49. The van der Waals surface area contributed by atoms with Crippen LogP contribution in [0.25, 0.3) is 22.1 Å². The number of ether oxygens (including phenoxy) is 2. The number of unbranched alkanes of at least 4 members (excludes halogenated alkanes) is 1. The maximum absolute atomic E-state index is 10.8. The lowest BCUT2D eigenvalue weighted by Gasteiger charge is -2.14. The van der Waals surface area contributed by atoms with E-state index in [1.54, 1.807) is 12.1 Å². The zero-order valence-corrected chi connectivity index (χ0v) is 15.9. The summed E-state index contributed by atoms with van der Waals surface area (Å²) in [5, 5.41) is 0. The Kier molecular flexibility index (Phi) is 6.08. The lowest BCUT2D eigenvalue weighted by atomic mass is 10.2. The molecule has 0 fully saturated rings. The van der Waals surface area contributed by atoms with Crippen molar-refractivity contribution in [3.63, 3.8) is 0 Å². The van der Waals surface area contributed by atoms with Crippen molar-refractivity contribution in [1.82, 2.24) is 9.97 Å². The average Bonchev–Trinajstić information content (AvgIpc) is 2.63. The van der Waals surface area contributed by atoms with E-state index in [0.717, 1.165) is 23.9 Å². The molecule has 0 aliphatic heterocycles. The van der Waals surface area contributed by atoms with E-state index in [0.29, 0.717) is 29.1 Å². The normalized spacial score (nSPS) is 11.8. The van der Waals surface area contributed by atoms with Gasteiger partial charge in [-0.15, -0.1) is 0 Å². The van der Waals surface area contributed by atoms with Gasteiger partial charge in [0.15, 0.2) is 11.5 Å². The number of hydrogen-bond donors (Lipinski definition) is 1. The third kappa shape index (κ3) is 5.27. The highest BCUT2D eigenvalue weighted by atomic mass is 32.2. The van der Waals surface area contributed by atoms with Crippen molar-refractivity contribution in [3.05, 3.63) is 36.4 Å². The molecule has 1 heterocycles. The number of hydrogen-bond acceptors (Lipinski definition) is 6. The van der Waals surface area contributed by atoms with Gasteiger partial charge in [-0.1, -0.05) is 25.5 Å². The van der Waals surface area contributed by atoms with Crippen LogP contribution in [-0.4, -0.2) is 41.9 Å². The maximum Gasteiger partial charge on any atom is 0.264 e. The van der Waals surface area contributed by atoms with E-state index in [1.165, 1.54) is 0 Å². The number of para-hydroxylation sites is 2. The molecule has 0 amide bonds. The molecule has 0 aliphatic carbocycles. The second-order valence-electron chi connectivity index (χ2n) is 6.19. The maximum atomic E-state index is 10.8. The molecular weight excluding hydrogens is 368 g/mol. The molecule has 1 aromatic heterocycles. The van der Waals surface area contributed by atoms with Gasteiger partial charge in [-0.3, -0.25) is 4.55 Å². The van der Waals surface area contributed by atoms with Crippen molar-refractivity contribution >= 4 is 32.2 Å². The first-order chi connectivity index (χ1) is 13.0. The zero-order valence-electron chi connectivity index (χ0n) is 15.1. The molecule has 0 atom stereocenters. The van der Waals surface area contributed by atoms with Crippen LogP contribution in [0.4, 0.5) is 0 Å². The second-order valence-corrected chi connectivity index (χ2v) is 7.76. The minimum Gasteiger partial charge on any atom is -0.490 e. The van der Waals surface area contributed by atoms with Gasteiger partial charge in [-0.05, 0) is 25.0 Å². The van der Waals surface area contributed by atoms with Crippen LogP contribution < -0.4 is 9.47 Å². The monoisotopic (exact) mass is 390 g/mol. The average molecular weight is 390 g/mol. The van der Waals surface area contributed by atoms with Crippen LogP contribution >= 0.6 is 0 Å². The molecule has 27 heavy (non-hydrogen) atoms. The fraction of sp³-hybridized carbons (Fsp3) is 0.368. The first-order valence-corrected chi connectivity index (χ1v) is 10.5. The topological polar surface area (TPSA) is 98.6 Å². The highest BCUT2D eigenvalue weighted by molar-refractivity contribution is 7.85. The first kappa shape index (κ1) is 19.3. The van der Waals surface area contributed by atoms with E-state index in [-0.39, 0.29) is 18.8 Å². The van der Waals surface area contributed by atoms with Crippen molar-refractivity contribution in [3.8, 4) is 11.5 Å². The molecule has 2 aromatic carbocycles. The Labute approximate surface area is 158 Å². The summed E-state index contributed by atoms with van der Waals surface area (Å²) in [7, 11) is -4.00. The Morgan fingerprint density at radius 1 is 0.889 bits per heavy atom. The summed E-state index contributed by atoms with van der Waals surface area (Å²) in [6.45, 7) is 2.76. The summed E-state index contributed by atoms with van der Waals surface area (Å²) in [4.78, 5) is 9.24. The number of nitrogens with zero attached hydrogens (tertiary/aromatic N) is 2. The van der Waals surface area contributed by atoms with Gasteiger partial charge in [-0.2, -0.15) is 8.42 Å². The quantitative estimate of drug-likeness (QED) is 0.338. The smallest absolute Gasteiger partial charge is 0.264 e. The highest BCUT2D eigenvalue weighted by Crippen LogP contribution is 2.32. The van der Waals surface area contributed by atoms with Gasteiger partial charge in [0.05, 0.1) is 41.0 Å². The molecule has 0 unspecified atom stereocenters. The van der Waals surface area contributed by atoms with Gasteiger partial charge in [0.25, 0.3) is 10.1 Å². The Hall–Kier alpha value is -2.45. The van der Waals surface area contributed by atoms with Crippen molar-refractivity contribution in [1.29, 1.82) is 0 Å². The molecule has 8 heteroatoms. The molecule has 1 N–H and O–H groups in total. The van der Waals surface area contributed by atoms with E-state index in [1.807, 2.05) is 24.3 Å². The molecule has 0 bridgehead atoms. The summed E-state index contributed by atoms with van der Waals surface area (Å²) >= 11 is 0. The number of aromatic nitrogens is 2. The van der Waals surface area contributed by atoms with Crippen molar-refractivity contribution in [2.75, 3.05) is 19.0 Å². The van der Waals surface area contributed by atoms with E-state index >= 15 is 0 Å². The molecule has 0 saturated carbocycles. The molecular formula is C19H22N2O5S. The molecule has 0 radical (unpaired) electrons. The fourth-order valence-electron chi connectivity index (χ4n) is 2.61. The van der Waals surface area contributed by atoms with Crippen LogP contribution in [0.2, 0.25) is 0 Å². The molecule has 3 aromatic rings. The van der Waals surface area contributed by atoms with Gasteiger partial charge in [0, 0.05) is 12.1 Å². The van der Waals surface area contributed by atoms with Crippen LogP contribution in [0, 0.1) is 0 Å². The summed E-state index contributed by atoms with van der Waals surface area (Å²) in [6.07, 6.45) is 2.08. The number of benzene rings is 2. The van der Waals surface area contributed by atoms with Crippen molar-refractivity contribution < 1.29 is 22.4 Å². The lowest BCUT2D eigenvalue weighted by molar-refractivity contribution is 0.265. The Morgan fingerprint density at radius 2 is 1.41 bits per heavy atom. The Balaban J connectivity index is 1.89. The third-order valence-corrected chi connectivity index (χ3v) is 4.77. The van der Waals surface area contributed by atoms with Gasteiger partial charge in [0.1, 0.15) is 0 Å². The number of fused-ring (bicyclic) bond motifs is 2. The number of rotatable bonds is 9. The minimum atomic E-state index is -4.00. The van der Waals surface area contributed by atoms with Crippen LogP contribution in [-0.2, 0) is 10.1 Å². The summed E-state index contributed by atoms with van der Waals surface area (Å²) in [5.41, 5.74) is 2.94. The third-order valence-electron chi connectivity index (χ3n) is 3.96. The van der Waals surface area contributed by atoms with E-state index in [2.05, 4.69) is 16.9 Å². The summed E-state index contributed by atoms with van der Waals surface area (Å²) in [5.74, 6) is 0.683. The van der Waals surface area contributed by atoms with Crippen molar-refractivity contribution in [2.45, 2.75) is 26.2 Å². The summed E-state index contributed by atoms with van der Waals surface area (Å²) < 4.78 is 42.1. The SMILES string of the molecule is CCCCOc1cc2nc3ccccc3nc2cc1OCCCS(=O)(=O)O. The molecule has 0 spiro atoms. The Morgan fingerprint density at radius 3 is 1.89 bits per heavy atom. The molecule has 0 saturated heterocycles. The highest BCUT2D eigenvalue weighted by Gasteiger charge is 2.12. The van der Waals surface area contributed by atoms with Crippen LogP contribution in [0.5, 0.6) is 11.5 Å². The minimum absolute atomic E-state index is 0.135. The first-order valence-electron chi connectivity index (χ1n) is 8.87. The standard InChI is InChI=1S/C19H22N2O5S/c1-2-3-9-25-18-12-16-17(21-15-8-5-4-7-14(15)20-16)13-19(18)26-10-6-11-27(22,23)24/h4-5,7-8,12-13H,2-3,6,9-11H2,1H3,(H,22,23,24). The van der Waals surface area contributed by atoms with E-state index in [4.69, 9.17) is 14.0 Å². The van der Waals surface area contributed by atoms with E-state index in [9.17, 15) is 8.42 Å². The fourth-order valence-corrected chi connectivity index (χ4v) is 3.09. The molecule has 0 aliphatic rings. The zero-order chi connectivity index (χ0) is 19.3. The van der Waals surface area contributed by atoms with Crippen molar-refractivity contribution in [2.24, 2.45) is 0 Å².